The minimum absolute atomic E-state index is 0.0696. The molecule has 0 fully saturated rings. The van der Waals surface area contributed by atoms with Crippen LogP contribution in [0.1, 0.15) is 32.8 Å². The number of hydrogen-bond acceptors (Lipinski definition) is 3. The third-order valence-corrected chi connectivity index (χ3v) is 4.30. The number of anilines is 2. The average Bonchev–Trinajstić information content (AvgIpc) is 2.91. The molecule has 0 bridgehead atoms. The molecule has 1 heterocycles. The minimum atomic E-state index is -0.316. The van der Waals surface area contributed by atoms with E-state index >= 15 is 0 Å². The van der Waals surface area contributed by atoms with E-state index in [9.17, 15) is 9.59 Å². The Bertz CT molecular complexity index is 799. The lowest BCUT2D eigenvalue weighted by atomic mass is 10.1. The van der Waals surface area contributed by atoms with Crippen LogP contribution in [0.25, 0.3) is 0 Å². The first kappa shape index (κ1) is 18.0. The Morgan fingerprint density at radius 3 is 2.54 bits per heavy atom. The first-order valence-electron chi connectivity index (χ1n) is 8.90. The van der Waals surface area contributed by atoms with Gasteiger partial charge in [-0.25, -0.2) is 0 Å². The van der Waals surface area contributed by atoms with Gasteiger partial charge in [-0.2, -0.15) is 0 Å². The fourth-order valence-electron chi connectivity index (χ4n) is 3.26. The van der Waals surface area contributed by atoms with Crippen molar-refractivity contribution in [3.63, 3.8) is 0 Å². The molecule has 1 aliphatic heterocycles. The molecule has 2 amide bonds. The number of nitrogens with zero attached hydrogens (tertiary/aromatic N) is 1. The summed E-state index contributed by atoms with van der Waals surface area (Å²) >= 11 is 0. The Hall–Kier alpha value is -2.82. The SMILES string of the molecule is CC(C)Oc1ccc(NC(=O)CC(=O)N2c3ccccc3CC2C)cc1. The van der Waals surface area contributed by atoms with Gasteiger partial charge in [0, 0.05) is 17.4 Å². The topological polar surface area (TPSA) is 58.6 Å². The fourth-order valence-corrected chi connectivity index (χ4v) is 3.26. The number of rotatable bonds is 5. The normalized spacial score (nSPS) is 15.7. The van der Waals surface area contributed by atoms with Crippen LogP contribution in [0.5, 0.6) is 5.75 Å². The van der Waals surface area contributed by atoms with Gasteiger partial charge < -0.3 is 15.0 Å². The third kappa shape index (κ3) is 4.04. The summed E-state index contributed by atoms with van der Waals surface area (Å²) in [5.74, 6) is 0.250. The molecule has 0 radical (unpaired) electrons. The van der Waals surface area contributed by atoms with Crippen molar-refractivity contribution in [2.24, 2.45) is 0 Å². The van der Waals surface area contributed by atoms with Gasteiger partial charge >= 0.3 is 0 Å². The van der Waals surface area contributed by atoms with Gasteiger partial charge in [0.15, 0.2) is 0 Å². The summed E-state index contributed by atoms with van der Waals surface area (Å²) in [6.07, 6.45) is 0.738. The molecule has 0 spiro atoms. The standard InChI is InChI=1S/C21H24N2O3/c1-14(2)26-18-10-8-17(9-11-18)22-20(24)13-21(25)23-15(3)12-16-6-4-5-7-19(16)23/h4-11,14-15H,12-13H2,1-3H3,(H,22,24). The van der Waals surface area contributed by atoms with Gasteiger partial charge in [-0.3, -0.25) is 9.59 Å². The number of benzene rings is 2. The molecule has 0 saturated heterocycles. The van der Waals surface area contributed by atoms with Crippen molar-refractivity contribution in [1.82, 2.24) is 0 Å². The van der Waals surface area contributed by atoms with Crippen LogP contribution in [0.15, 0.2) is 48.5 Å². The lowest BCUT2D eigenvalue weighted by Crippen LogP contribution is -2.37. The molecule has 1 N–H and O–H groups in total. The summed E-state index contributed by atoms with van der Waals surface area (Å²) in [6.45, 7) is 5.92. The van der Waals surface area contributed by atoms with Crippen LogP contribution < -0.4 is 15.0 Å². The number of para-hydroxylation sites is 1. The molecule has 5 heteroatoms. The van der Waals surface area contributed by atoms with Crippen molar-refractivity contribution in [3.8, 4) is 5.75 Å². The number of carbonyl (C=O) groups excluding carboxylic acids is 2. The van der Waals surface area contributed by atoms with Crippen molar-refractivity contribution in [3.05, 3.63) is 54.1 Å². The highest BCUT2D eigenvalue weighted by Crippen LogP contribution is 2.32. The van der Waals surface area contributed by atoms with Crippen LogP contribution in [0.3, 0.4) is 0 Å². The van der Waals surface area contributed by atoms with Crippen LogP contribution in [0, 0.1) is 0 Å². The van der Waals surface area contributed by atoms with E-state index in [1.54, 1.807) is 29.2 Å². The molecule has 3 rings (SSSR count). The maximum Gasteiger partial charge on any atom is 0.236 e. The van der Waals surface area contributed by atoms with Crippen LogP contribution >= 0.6 is 0 Å². The summed E-state index contributed by atoms with van der Waals surface area (Å²) in [6, 6.07) is 15.1. The molecular weight excluding hydrogens is 328 g/mol. The number of ether oxygens (including phenoxy) is 1. The van der Waals surface area contributed by atoms with Crippen LogP contribution in [0.4, 0.5) is 11.4 Å². The van der Waals surface area contributed by atoms with Crippen LogP contribution in [0.2, 0.25) is 0 Å². The Morgan fingerprint density at radius 2 is 1.85 bits per heavy atom. The second kappa shape index (κ2) is 7.60. The van der Waals surface area contributed by atoms with Crippen LogP contribution in [-0.2, 0) is 16.0 Å². The quantitative estimate of drug-likeness (QED) is 0.833. The summed E-state index contributed by atoms with van der Waals surface area (Å²) in [4.78, 5) is 26.6. The number of hydrogen-bond donors (Lipinski definition) is 1. The highest BCUT2D eigenvalue weighted by atomic mass is 16.5. The molecule has 1 unspecified atom stereocenters. The second-order valence-electron chi connectivity index (χ2n) is 6.86. The van der Waals surface area contributed by atoms with Crippen molar-refractivity contribution >= 4 is 23.2 Å². The molecule has 1 aliphatic rings. The smallest absolute Gasteiger partial charge is 0.236 e. The van der Waals surface area contributed by atoms with Gasteiger partial charge in [-0.1, -0.05) is 18.2 Å². The van der Waals surface area contributed by atoms with E-state index in [1.807, 2.05) is 45.0 Å². The third-order valence-electron chi connectivity index (χ3n) is 4.30. The molecule has 0 saturated carbocycles. The second-order valence-corrected chi connectivity index (χ2v) is 6.86. The van der Waals surface area contributed by atoms with E-state index in [1.165, 1.54) is 0 Å². The van der Waals surface area contributed by atoms with E-state index in [-0.39, 0.29) is 30.4 Å². The molecule has 2 aromatic rings. The maximum absolute atomic E-state index is 12.6. The maximum atomic E-state index is 12.6. The molecule has 0 aliphatic carbocycles. The number of nitrogens with one attached hydrogen (secondary N) is 1. The minimum Gasteiger partial charge on any atom is -0.491 e. The predicted molar refractivity (Wildman–Crippen MR) is 103 cm³/mol. The highest BCUT2D eigenvalue weighted by Gasteiger charge is 2.31. The van der Waals surface area contributed by atoms with Gasteiger partial charge in [0.25, 0.3) is 0 Å². The molecule has 26 heavy (non-hydrogen) atoms. The Labute approximate surface area is 154 Å². The molecule has 136 valence electrons. The molecule has 1 atom stereocenters. The highest BCUT2D eigenvalue weighted by molar-refractivity contribution is 6.10. The molecule has 2 aromatic carbocycles. The van der Waals surface area contributed by atoms with Gasteiger partial charge in [-0.15, -0.1) is 0 Å². The predicted octanol–water partition coefficient (Wildman–Crippen LogP) is 3.78. The van der Waals surface area contributed by atoms with E-state index in [0.717, 1.165) is 23.4 Å². The molecule has 0 aromatic heterocycles. The lowest BCUT2D eigenvalue weighted by Gasteiger charge is -2.22. The number of fused-ring (bicyclic) bond motifs is 1. The molecular formula is C21H24N2O3. The summed E-state index contributed by atoms with van der Waals surface area (Å²) in [7, 11) is 0. The van der Waals surface area contributed by atoms with E-state index < -0.39 is 0 Å². The lowest BCUT2D eigenvalue weighted by molar-refractivity contribution is -0.125. The Balaban J connectivity index is 1.60. The Morgan fingerprint density at radius 1 is 1.15 bits per heavy atom. The summed E-state index contributed by atoms with van der Waals surface area (Å²) in [5, 5.41) is 2.77. The van der Waals surface area contributed by atoms with Crippen molar-refractivity contribution in [1.29, 1.82) is 0 Å². The Kier molecular flexibility index (Phi) is 5.26. The first-order chi connectivity index (χ1) is 12.4. The van der Waals surface area contributed by atoms with Crippen LogP contribution in [-0.4, -0.2) is 24.0 Å². The number of carbonyl (C=O) groups is 2. The monoisotopic (exact) mass is 352 g/mol. The van der Waals surface area contributed by atoms with Gasteiger partial charge in [-0.05, 0) is 63.1 Å². The summed E-state index contributed by atoms with van der Waals surface area (Å²) in [5.41, 5.74) is 2.70. The zero-order valence-corrected chi connectivity index (χ0v) is 15.4. The van der Waals surface area contributed by atoms with Gasteiger partial charge in [0.2, 0.25) is 11.8 Å². The van der Waals surface area contributed by atoms with Crippen molar-refractivity contribution in [2.45, 2.75) is 45.8 Å². The van der Waals surface area contributed by atoms with E-state index in [0.29, 0.717) is 5.69 Å². The summed E-state index contributed by atoms with van der Waals surface area (Å²) < 4.78 is 5.58. The first-order valence-corrected chi connectivity index (χ1v) is 8.90. The van der Waals surface area contributed by atoms with E-state index in [2.05, 4.69) is 5.32 Å². The largest absolute Gasteiger partial charge is 0.491 e. The fraction of sp³-hybridized carbons (Fsp3) is 0.333. The van der Waals surface area contributed by atoms with E-state index in [4.69, 9.17) is 4.74 Å². The van der Waals surface area contributed by atoms with Gasteiger partial charge in [0.05, 0.1) is 6.10 Å². The zero-order chi connectivity index (χ0) is 18.7. The van der Waals surface area contributed by atoms with Gasteiger partial charge in [0.1, 0.15) is 12.2 Å². The zero-order valence-electron chi connectivity index (χ0n) is 15.4. The van der Waals surface area contributed by atoms with Crippen molar-refractivity contribution in [2.75, 3.05) is 10.2 Å². The molecule has 5 nitrogen and oxygen atoms in total. The average molecular weight is 352 g/mol. The number of amides is 2. The van der Waals surface area contributed by atoms with Crippen molar-refractivity contribution < 1.29 is 14.3 Å².